The maximum atomic E-state index is 12.1. The van der Waals surface area contributed by atoms with E-state index >= 15 is 0 Å². The minimum absolute atomic E-state index is 0.136. The average molecular weight is 365 g/mol. The van der Waals surface area contributed by atoms with E-state index in [0.717, 1.165) is 23.3 Å². The molecule has 1 N–H and O–H groups in total. The zero-order valence-corrected chi connectivity index (χ0v) is 15.1. The molecule has 0 fully saturated rings. The van der Waals surface area contributed by atoms with Crippen molar-refractivity contribution in [3.05, 3.63) is 59.7 Å². The molecule has 26 heavy (non-hydrogen) atoms. The van der Waals surface area contributed by atoms with Gasteiger partial charge in [0, 0.05) is 10.5 Å². The highest BCUT2D eigenvalue weighted by Gasteiger charge is 2.15. The zero-order valence-electron chi connectivity index (χ0n) is 14.3. The van der Waals surface area contributed by atoms with Crippen LogP contribution >= 0.6 is 11.8 Å². The number of rotatable bonds is 5. The monoisotopic (exact) mass is 365 g/mol. The quantitative estimate of drug-likeness (QED) is 0.681. The number of carbonyl (C=O) groups excluding carboxylic acids is 1. The molecule has 0 atom stereocenters. The summed E-state index contributed by atoms with van der Waals surface area (Å²) in [7, 11) is 0. The fraction of sp³-hybridized carbons (Fsp3) is 0.250. The van der Waals surface area contributed by atoms with Crippen molar-refractivity contribution in [3.63, 3.8) is 0 Å². The molecular formula is C20H19N3O2S. The number of benzene rings is 2. The van der Waals surface area contributed by atoms with Gasteiger partial charge in [-0.05, 0) is 61.1 Å². The summed E-state index contributed by atoms with van der Waals surface area (Å²) in [5.41, 5.74) is 3.67. The summed E-state index contributed by atoms with van der Waals surface area (Å²) in [5, 5.41) is 10.7. The first-order chi connectivity index (χ1) is 12.8. The van der Waals surface area contributed by atoms with E-state index in [1.165, 1.54) is 35.7 Å². The summed E-state index contributed by atoms with van der Waals surface area (Å²) >= 11 is 1.46. The van der Waals surface area contributed by atoms with E-state index in [2.05, 4.69) is 27.6 Å². The Kier molecular flexibility index (Phi) is 5.02. The molecule has 0 bridgehead atoms. The Hall–Kier alpha value is -2.60. The fourth-order valence-electron chi connectivity index (χ4n) is 3.08. The van der Waals surface area contributed by atoms with Crippen molar-refractivity contribution in [2.75, 3.05) is 11.1 Å². The van der Waals surface area contributed by atoms with Crippen molar-refractivity contribution < 1.29 is 9.21 Å². The van der Waals surface area contributed by atoms with Crippen LogP contribution in [0, 0.1) is 0 Å². The maximum Gasteiger partial charge on any atom is 0.322 e. The standard InChI is InChI=1S/C20H19N3O2S/c24-18(13-26-17-8-2-1-3-9-17)21-20-23-22-19(25-20)16-11-10-14-6-4-5-7-15(14)12-16/h1-3,8-12H,4-7,13H2,(H,21,23,24). The highest BCUT2D eigenvalue weighted by atomic mass is 32.2. The molecule has 0 aliphatic heterocycles. The Balaban J connectivity index is 1.39. The van der Waals surface area contributed by atoms with E-state index in [9.17, 15) is 4.79 Å². The Labute approximate surface area is 156 Å². The molecule has 0 saturated heterocycles. The molecule has 0 spiro atoms. The highest BCUT2D eigenvalue weighted by Crippen LogP contribution is 2.27. The van der Waals surface area contributed by atoms with Crippen LogP contribution in [0.1, 0.15) is 24.0 Å². The Morgan fingerprint density at radius 3 is 2.69 bits per heavy atom. The molecule has 0 radical (unpaired) electrons. The van der Waals surface area contributed by atoms with Crippen molar-refractivity contribution in [3.8, 4) is 11.5 Å². The molecular weight excluding hydrogens is 346 g/mol. The van der Waals surface area contributed by atoms with Gasteiger partial charge in [0.25, 0.3) is 0 Å². The van der Waals surface area contributed by atoms with Crippen molar-refractivity contribution in [2.45, 2.75) is 30.6 Å². The van der Waals surface area contributed by atoms with E-state index in [1.54, 1.807) is 0 Å². The second-order valence-electron chi connectivity index (χ2n) is 6.25. The molecule has 1 amide bonds. The molecule has 2 aromatic carbocycles. The van der Waals surface area contributed by atoms with Gasteiger partial charge in [0.15, 0.2) is 0 Å². The van der Waals surface area contributed by atoms with Crippen molar-refractivity contribution >= 4 is 23.7 Å². The van der Waals surface area contributed by atoms with Crippen LogP contribution in [0.4, 0.5) is 6.01 Å². The van der Waals surface area contributed by atoms with Gasteiger partial charge in [-0.3, -0.25) is 10.1 Å². The van der Waals surface area contributed by atoms with E-state index in [4.69, 9.17) is 4.42 Å². The van der Waals surface area contributed by atoms with Crippen LogP contribution in [0.2, 0.25) is 0 Å². The number of hydrogen-bond acceptors (Lipinski definition) is 5. The smallest absolute Gasteiger partial charge is 0.322 e. The first-order valence-electron chi connectivity index (χ1n) is 8.71. The SMILES string of the molecule is O=C(CSc1ccccc1)Nc1nnc(-c2ccc3c(c2)CCCC3)o1. The van der Waals surface area contributed by atoms with E-state index in [1.807, 2.05) is 36.4 Å². The molecule has 5 nitrogen and oxygen atoms in total. The number of hydrogen-bond donors (Lipinski definition) is 1. The van der Waals surface area contributed by atoms with Crippen molar-refractivity contribution in [1.29, 1.82) is 0 Å². The van der Waals surface area contributed by atoms with Gasteiger partial charge in [0.2, 0.25) is 11.8 Å². The summed E-state index contributed by atoms with van der Waals surface area (Å²) in [6, 6.07) is 16.2. The molecule has 6 heteroatoms. The average Bonchev–Trinajstić information content (AvgIpc) is 3.15. The molecule has 132 valence electrons. The minimum Gasteiger partial charge on any atom is -0.403 e. The Morgan fingerprint density at radius 2 is 1.85 bits per heavy atom. The highest BCUT2D eigenvalue weighted by molar-refractivity contribution is 8.00. The number of amides is 1. The van der Waals surface area contributed by atoms with Crippen molar-refractivity contribution in [2.24, 2.45) is 0 Å². The molecule has 0 unspecified atom stereocenters. The van der Waals surface area contributed by atoms with Crippen LogP contribution in [0.5, 0.6) is 0 Å². The van der Waals surface area contributed by atoms with Gasteiger partial charge in [-0.15, -0.1) is 16.9 Å². The fourth-order valence-corrected chi connectivity index (χ4v) is 3.80. The van der Waals surface area contributed by atoms with E-state index in [-0.39, 0.29) is 11.9 Å². The van der Waals surface area contributed by atoms with Crippen LogP contribution in [-0.4, -0.2) is 21.9 Å². The topological polar surface area (TPSA) is 68.0 Å². The minimum atomic E-state index is -0.167. The lowest BCUT2D eigenvalue weighted by molar-refractivity contribution is -0.113. The normalized spacial score (nSPS) is 13.2. The number of thioether (sulfide) groups is 1. The predicted molar refractivity (Wildman–Crippen MR) is 102 cm³/mol. The molecule has 1 aromatic heterocycles. The molecule has 0 saturated carbocycles. The number of nitrogens with zero attached hydrogens (tertiary/aromatic N) is 2. The number of aryl methyl sites for hydroxylation is 2. The second kappa shape index (κ2) is 7.74. The van der Waals surface area contributed by atoms with E-state index < -0.39 is 0 Å². The maximum absolute atomic E-state index is 12.1. The molecule has 3 aromatic rings. The van der Waals surface area contributed by atoms with Crippen LogP contribution in [-0.2, 0) is 17.6 Å². The molecule has 1 heterocycles. The van der Waals surface area contributed by atoms with E-state index in [0.29, 0.717) is 11.6 Å². The van der Waals surface area contributed by atoms with Crippen molar-refractivity contribution in [1.82, 2.24) is 10.2 Å². The van der Waals surface area contributed by atoms with Crippen LogP contribution < -0.4 is 5.32 Å². The van der Waals surface area contributed by atoms with Gasteiger partial charge in [0.05, 0.1) is 5.75 Å². The van der Waals surface area contributed by atoms with Gasteiger partial charge >= 0.3 is 6.01 Å². The third kappa shape index (κ3) is 3.96. The third-order valence-electron chi connectivity index (χ3n) is 4.38. The lowest BCUT2D eigenvalue weighted by Gasteiger charge is -2.15. The summed E-state index contributed by atoms with van der Waals surface area (Å²) in [6.07, 6.45) is 4.71. The molecule has 1 aliphatic carbocycles. The summed E-state index contributed by atoms with van der Waals surface area (Å²) < 4.78 is 5.62. The lowest BCUT2D eigenvalue weighted by Crippen LogP contribution is -2.14. The number of anilines is 1. The van der Waals surface area contributed by atoms with Gasteiger partial charge < -0.3 is 4.42 Å². The number of aromatic nitrogens is 2. The summed E-state index contributed by atoms with van der Waals surface area (Å²) in [6.45, 7) is 0. The van der Waals surface area contributed by atoms with Crippen LogP contribution in [0.25, 0.3) is 11.5 Å². The van der Waals surface area contributed by atoms with Gasteiger partial charge in [0.1, 0.15) is 0 Å². The first-order valence-corrected chi connectivity index (χ1v) is 9.70. The van der Waals surface area contributed by atoms with Gasteiger partial charge in [-0.1, -0.05) is 29.4 Å². The largest absolute Gasteiger partial charge is 0.403 e. The van der Waals surface area contributed by atoms with Crippen LogP contribution in [0.3, 0.4) is 0 Å². The Bertz CT molecular complexity index is 908. The lowest BCUT2D eigenvalue weighted by atomic mass is 9.90. The second-order valence-corrected chi connectivity index (χ2v) is 7.30. The number of nitrogens with one attached hydrogen (secondary N) is 1. The van der Waals surface area contributed by atoms with Gasteiger partial charge in [-0.25, -0.2) is 0 Å². The Morgan fingerprint density at radius 1 is 1.04 bits per heavy atom. The number of carbonyl (C=O) groups is 1. The first kappa shape index (κ1) is 16.8. The number of fused-ring (bicyclic) bond motifs is 1. The van der Waals surface area contributed by atoms with Gasteiger partial charge in [-0.2, -0.15) is 0 Å². The summed E-state index contributed by atoms with van der Waals surface area (Å²) in [4.78, 5) is 13.1. The predicted octanol–water partition coefficient (Wildman–Crippen LogP) is 4.35. The summed E-state index contributed by atoms with van der Waals surface area (Å²) in [5.74, 6) is 0.560. The molecule has 1 aliphatic rings. The van der Waals surface area contributed by atoms with Crippen LogP contribution in [0.15, 0.2) is 57.8 Å². The zero-order chi connectivity index (χ0) is 17.8. The molecule has 4 rings (SSSR count). The third-order valence-corrected chi connectivity index (χ3v) is 5.39.